The Labute approximate surface area is 248 Å². The van der Waals surface area contributed by atoms with Crippen LogP contribution in [0.3, 0.4) is 0 Å². The van der Waals surface area contributed by atoms with Gasteiger partial charge in [0.2, 0.25) is 0 Å². The number of carbonyl (C=O) groups excluding carboxylic acids is 2. The minimum Gasteiger partial charge on any atom is -0.462 e. The maximum Gasteiger partial charge on any atom is 0.333 e. The van der Waals surface area contributed by atoms with E-state index in [-0.39, 0.29) is 5.97 Å². The molecule has 0 bridgehead atoms. The lowest BCUT2D eigenvalue weighted by Crippen LogP contribution is -2.11. The molecule has 0 aromatic heterocycles. The topological polar surface area (TPSA) is 55.8 Å². The Morgan fingerprint density at radius 3 is 1.50 bits per heavy atom. The molecule has 0 unspecified atom stereocenters. The Hall–Kier alpha value is -4.90. The molecule has 4 aromatic carbocycles. The number of hydrogen-bond donors (Lipinski definition) is 0. The highest BCUT2D eigenvalue weighted by Crippen LogP contribution is 2.36. The van der Waals surface area contributed by atoms with Crippen LogP contribution >= 0.6 is 0 Å². The maximum absolute atomic E-state index is 11.7. The zero-order valence-corrected chi connectivity index (χ0v) is 24.3. The first-order valence-corrected chi connectivity index (χ1v) is 14.2. The lowest BCUT2D eigenvalue weighted by atomic mass is 10.0. The van der Waals surface area contributed by atoms with Crippen LogP contribution < -0.4 is 4.90 Å². The molecule has 0 N–H and O–H groups in total. The minimum atomic E-state index is -0.417. The molecule has 0 heterocycles. The Bertz CT molecular complexity index is 1500. The lowest BCUT2D eigenvalue weighted by Gasteiger charge is -2.26. The molecule has 4 rings (SSSR count). The van der Waals surface area contributed by atoms with Crippen LogP contribution in [-0.2, 0) is 38.3 Å². The van der Waals surface area contributed by atoms with Gasteiger partial charge in [0, 0.05) is 41.6 Å². The number of benzene rings is 4. The van der Waals surface area contributed by atoms with E-state index in [1.165, 1.54) is 17.2 Å². The van der Waals surface area contributed by atoms with Gasteiger partial charge < -0.3 is 14.4 Å². The highest BCUT2D eigenvalue weighted by atomic mass is 16.5. The predicted molar refractivity (Wildman–Crippen MR) is 170 cm³/mol. The van der Waals surface area contributed by atoms with E-state index in [0.29, 0.717) is 31.6 Å². The van der Waals surface area contributed by atoms with Crippen LogP contribution in [0.25, 0.3) is 11.1 Å². The van der Waals surface area contributed by atoms with Crippen LogP contribution in [0, 0.1) is 0 Å². The van der Waals surface area contributed by atoms with Gasteiger partial charge in [-0.3, -0.25) is 0 Å². The van der Waals surface area contributed by atoms with Gasteiger partial charge in [-0.2, -0.15) is 0 Å². The second-order valence-electron chi connectivity index (χ2n) is 10.1. The molecule has 42 heavy (non-hydrogen) atoms. The third-order valence-electron chi connectivity index (χ3n) is 6.98. The van der Waals surface area contributed by atoms with E-state index in [0.717, 1.165) is 40.2 Å². The van der Waals surface area contributed by atoms with Crippen molar-refractivity contribution in [1.29, 1.82) is 0 Å². The summed E-state index contributed by atoms with van der Waals surface area (Å²) in [5, 5.41) is 0. The Morgan fingerprint density at radius 1 is 0.667 bits per heavy atom. The first-order chi connectivity index (χ1) is 20.4. The Balaban J connectivity index is 1.57. The highest BCUT2D eigenvalue weighted by Gasteiger charge is 2.14. The van der Waals surface area contributed by atoms with Gasteiger partial charge in [0.05, 0.1) is 13.2 Å². The average Bonchev–Trinajstić information content (AvgIpc) is 3.03. The van der Waals surface area contributed by atoms with Gasteiger partial charge in [0.15, 0.2) is 0 Å². The smallest absolute Gasteiger partial charge is 0.333 e. The number of anilines is 3. The molecule has 0 spiro atoms. The monoisotopic (exact) mass is 559 g/mol. The van der Waals surface area contributed by atoms with Crippen molar-refractivity contribution < 1.29 is 19.1 Å². The third kappa shape index (κ3) is 8.07. The molecular weight excluding hydrogens is 522 g/mol. The van der Waals surface area contributed by atoms with Crippen molar-refractivity contribution in [2.24, 2.45) is 0 Å². The molecule has 5 heteroatoms. The fraction of sp³-hybridized carbons (Fsp3) is 0.189. The number of ether oxygens (including phenoxy) is 2. The molecule has 0 radical (unpaired) electrons. The summed E-state index contributed by atoms with van der Waals surface area (Å²) in [5.41, 5.74) is 9.24. The van der Waals surface area contributed by atoms with E-state index in [1.807, 2.05) is 0 Å². The van der Waals surface area contributed by atoms with Crippen molar-refractivity contribution in [3.8, 4) is 11.1 Å². The number of aryl methyl sites for hydroxylation is 1. The van der Waals surface area contributed by atoms with E-state index in [9.17, 15) is 9.59 Å². The Kier molecular flexibility index (Phi) is 10.5. The van der Waals surface area contributed by atoms with Crippen LogP contribution in [0.15, 0.2) is 122 Å². The minimum absolute atomic E-state index is 0.303. The molecule has 0 fully saturated rings. The largest absolute Gasteiger partial charge is 0.462 e. The van der Waals surface area contributed by atoms with E-state index < -0.39 is 5.97 Å². The maximum atomic E-state index is 11.7. The summed E-state index contributed by atoms with van der Waals surface area (Å²) in [5.74, 6) is -0.787. The summed E-state index contributed by atoms with van der Waals surface area (Å²) in [6, 6.07) is 33.8. The molecular formula is C37H37NO4. The van der Waals surface area contributed by atoms with Gasteiger partial charge in [-0.25, -0.2) is 9.59 Å². The van der Waals surface area contributed by atoms with E-state index in [2.05, 4.69) is 122 Å². The fourth-order valence-corrected chi connectivity index (χ4v) is 4.52. The van der Waals surface area contributed by atoms with E-state index in [4.69, 9.17) is 9.47 Å². The number of rotatable bonds is 13. The second-order valence-corrected chi connectivity index (χ2v) is 10.1. The van der Waals surface area contributed by atoms with Crippen molar-refractivity contribution in [2.75, 3.05) is 18.1 Å². The van der Waals surface area contributed by atoms with Crippen molar-refractivity contribution in [1.82, 2.24) is 0 Å². The standard InChI is InChI=1S/C37H37NO4/c1-5-28-7-13-31(14-8-28)32-15-21-35(22-16-32)38(33-17-9-29(10-18-33)23-25-41-36(39)6-2)34-19-11-30(12-20-34)24-26-42-37(40)27(3)4/h6-22H,2-3,5,23-26H2,1,4H3. The molecule has 0 aliphatic rings. The van der Waals surface area contributed by atoms with Crippen LogP contribution in [0.2, 0.25) is 0 Å². The number of hydrogen-bond acceptors (Lipinski definition) is 5. The van der Waals surface area contributed by atoms with Crippen LogP contribution in [-0.4, -0.2) is 25.2 Å². The quantitative estimate of drug-likeness (QED) is 0.122. The number of nitrogens with zero attached hydrogens (tertiary/aromatic N) is 1. The number of carbonyl (C=O) groups is 2. The zero-order chi connectivity index (χ0) is 29.9. The van der Waals surface area contributed by atoms with Gasteiger partial charge >= 0.3 is 11.9 Å². The molecule has 214 valence electrons. The summed E-state index contributed by atoms with van der Waals surface area (Å²) in [4.78, 5) is 25.3. The van der Waals surface area contributed by atoms with Crippen molar-refractivity contribution in [2.45, 2.75) is 33.1 Å². The molecule has 4 aromatic rings. The zero-order valence-electron chi connectivity index (χ0n) is 24.3. The predicted octanol–water partition coefficient (Wildman–Crippen LogP) is 8.32. The first kappa shape index (κ1) is 30.1. The van der Waals surface area contributed by atoms with Crippen LogP contribution in [0.4, 0.5) is 17.1 Å². The molecule has 0 amide bonds. The van der Waals surface area contributed by atoms with Gasteiger partial charge in [-0.1, -0.05) is 80.7 Å². The SMILES string of the molecule is C=CC(=O)OCCc1ccc(N(c2ccc(CCOC(=O)C(=C)C)cc2)c2ccc(-c3ccc(CC)cc3)cc2)cc1. The van der Waals surface area contributed by atoms with E-state index in [1.54, 1.807) is 6.92 Å². The lowest BCUT2D eigenvalue weighted by molar-refractivity contribution is -0.139. The van der Waals surface area contributed by atoms with Crippen molar-refractivity contribution in [3.05, 3.63) is 139 Å². The van der Waals surface area contributed by atoms with Gasteiger partial charge in [-0.15, -0.1) is 0 Å². The van der Waals surface area contributed by atoms with Crippen LogP contribution in [0.5, 0.6) is 0 Å². The average molecular weight is 560 g/mol. The molecule has 5 nitrogen and oxygen atoms in total. The summed E-state index contributed by atoms with van der Waals surface area (Å²) in [6.07, 6.45) is 3.43. The third-order valence-corrected chi connectivity index (χ3v) is 6.98. The van der Waals surface area contributed by atoms with E-state index >= 15 is 0 Å². The first-order valence-electron chi connectivity index (χ1n) is 14.2. The normalized spacial score (nSPS) is 10.5. The molecule has 0 aliphatic carbocycles. The van der Waals surface area contributed by atoms with Gasteiger partial charge in [-0.05, 0) is 77.6 Å². The van der Waals surface area contributed by atoms with Gasteiger partial charge in [0.1, 0.15) is 0 Å². The fourth-order valence-electron chi connectivity index (χ4n) is 4.52. The number of esters is 2. The summed E-state index contributed by atoms with van der Waals surface area (Å²) < 4.78 is 10.4. The molecule has 0 saturated heterocycles. The van der Waals surface area contributed by atoms with Crippen LogP contribution in [0.1, 0.15) is 30.5 Å². The highest BCUT2D eigenvalue weighted by molar-refractivity contribution is 5.87. The van der Waals surface area contributed by atoms with Crippen molar-refractivity contribution in [3.63, 3.8) is 0 Å². The van der Waals surface area contributed by atoms with Crippen molar-refractivity contribution >= 4 is 29.0 Å². The molecule has 0 saturated carbocycles. The summed E-state index contributed by atoms with van der Waals surface area (Å²) >= 11 is 0. The summed E-state index contributed by atoms with van der Waals surface area (Å²) in [6.45, 7) is 11.5. The van der Waals surface area contributed by atoms with Gasteiger partial charge in [0.25, 0.3) is 0 Å². The second kappa shape index (κ2) is 14.6. The summed E-state index contributed by atoms with van der Waals surface area (Å²) in [7, 11) is 0. The molecule has 0 atom stereocenters. The molecule has 0 aliphatic heterocycles. The Morgan fingerprint density at radius 2 is 1.07 bits per heavy atom.